The van der Waals surface area contributed by atoms with Crippen LogP contribution in [0.3, 0.4) is 0 Å². The van der Waals surface area contributed by atoms with Crippen molar-refractivity contribution in [2.75, 3.05) is 11.1 Å². The molecule has 1 amide bonds. The summed E-state index contributed by atoms with van der Waals surface area (Å²) in [4.78, 5) is 27.6. The highest BCUT2D eigenvalue weighted by molar-refractivity contribution is 7.99. The van der Waals surface area contributed by atoms with Crippen LogP contribution in [0.25, 0.3) is 0 Å². The van der Waals surface area contributed by atoms with E-state index in [9.17, 15) is 14.9 Å². The number of carbonyl (C=O) groups excluding carboxylic acids is 1. The van der Waals surface area contributed by atoms with Crippen LogP contribution in [0.1, 0.15) is 56.5 Å². The molecule has 1 aromatic heterocycles. The van der Waals surface area contributed by atoms with Crippen molar-refractivity contribution in [2.24, 2.45) is 5.41 Å². The Morgan fingerprint density at radius 2 is 2.10 bits per heavy atom. The SMILES string of the molecule is Cc1ccc(NC(=O)CSc2nnc3c(n2)C2(C)CCC3C2(C)C)cc1[N+](=O)[O-]. The van der Waals surface area contributed by atoms with Crippen LogP contribution < -0.4 is 5.32 Å². The number of amides is 1. The molecule has 2 unspecified atom stereocenters. The number of fused-ring (bicyclic) bond motifs is 5. The number of aryl methyl sites for hydroxylation is 1. The predicted molar refractivity (Wildman–Crippen MR) is 110 cm³/mol. The number of carbonyl (C=O) groups is 1. The number of nitrogens with one attached hydrogen (secondary N) is 1. The number of hydrogen-bond acceptors (Lipinski definition) is 7. The van der Waals surface area contributed by atoms with Gasteiger partial charge < -0.3 is 5.32 Å². The van der Waals surface area contributed by atoms with Crippen LogP contribution in [0.4, 0.5) is 11.4 Å². The van der Waals surface area contributed by atoms with E-state index in [2.05, 4.69) is 36.3 Å². The molecule has 8 nitrogen and oxygen atoms in total. The number of aromatic nitrogens is 3. The minimum absolute atomic E-state index is 0.0126. The summed E-state index contributed by atoms with van der Waals surface area (Å²) in [5, 5.41) is 22.9. The van der Waals surface area contributed by atoms with E-state index < -0.39 is 4.92 Å². The van der Waals surface area contributed by atoms with Crippen LogP contribution in [0.15, 0.2) is 23.4 Å². The standard InChI is InChI=1S/C20H23N5O3S/c1-11-5-6-12(9-14(11)25(27)28)21-15(26)10-29-18-22-17-16(23-24-18)13-7-8-20(17,4)19(13,2)3/h5-6,9,13H,7-8,10H2,1-4H3,(H,21,26). The molecule has 9 heteroatoms. The molecule has 2 aromatic rings. The Labute approximate surface area is 173 Å². The van der Waals surface area contributed by atoms with Gasteiger partial charge in [0.25, 0.3) is 5.69 Å². The van der Waals surface area contributed by atoms with Gasteiger partial charge in [0.1, 0.15) is 0 Å². The Morgan fingerprint density at radius 1 is 1.34 bits per heavy atom. The Bertz CT molecular complexity index is 1030. The quantitative estimate of drug-likeness (QED) is 0.448. The third kappa shape index (κ3) is 3.08. The van der Waals surface area contributed by atoms with Crippen molar-refractivity contribution in [1.82, 2.24) is 15.2 Å². The molecular weight excluding hydrogens is 390 g/mol. The van der Waals surface area contributed by atoms with Crippen LogP contribution in [0, 0.1) is 22.5 Å². The van der Waals surface area contributed by atoms with Gasteiger partial charge in [-0.2, -0.15) is 5.10 Å². The van der Waals surface area contributed by atoms with Crippen LogP contribution in [-0.4, -0.2) is 31.8 Å². The third-order valence-electron chi connectivity index (χ3n) is 6.79. The van der Waals surface area contributed by atoms with Crippen molar-refractivity contribution < 1.29 is 9.72 Å². The number of anilines is 1. The fourth-order valence-electron chi connectivity index (χ4n) is 4.63. The van der Waals surface area contributed by atoms with E-state index in [0.29, 0.717) is 22.3 Å². The first-order valence-electron chi connectivity index (χ1n) is 9.56. The monoisotopic (exact) mass is 413 g/mol. The lowest BCUT2D eigenvalue weighted by molar-refractivity contribution is -0.385. The van der Waals surface area contributed by atoms with E-state index in [0.717, 1.165) is 24.2 Å². The first-order valence-corrected chi connectivity index (χ1v) is 10.5. The van der Waals surface area contributed by atoms with Crippen molar-refractivity contribution in [2.45, 2.75) is 57.0 Å². The number of thioether (sulfide) groups is 1. The van der Waals surface area contributed by atoms with Crippen molar-refractivity contribution in [1.29, 1.82) is 0 Å². The number of rotatable bonds is 5. The van der Waals surface area contributed by atoms with Gasteiger partial charge in [0.15, 0.2) is 0 Å². The van der Waals surface area contributed by atoms with Gasteiger partial charge in [-0.15, -0.1) is 5.10 Å². The molecule has 1 heterocycles. The van der Waals surface area contributed by atoms with Gasteiger partial charge in [-0.1, -0.05) is 38.6 Å². The molecule has 1 N–H and O–H groups in total. The summed E-state index contributed by atoms with van der Waals surface area (Å²) in [6.45, 7) is 8.45. The lowest BCUT2D eigenvalue weighted by Gasteiger charge is -2.33. The summed E-state index contributed by atoms with van der Waals surface area (Å²) >= 11 is 1.22. The summed E-state index contributed by atoms with van der Waals surface area (Å²) < 4.78 is 0. The van der Waals surface area contributed by atoms with Crippen LogP contribution in [-0.2, 0) is 10.2 Å². The molecule has 152 valence electrons. The summed E-state index contributed by atoms with van der Waals surface area (Å²) in [5.41, 5.74) is 3.04. The molecule has 0 aliphatic heterocycles. The van der Waals surface area contributed by atoms with Crippen molar-refractivity contribution >= 4 is 29.0 Å². The summed E-state index contributed by atoms with van der Waals surface area (Å²) in [5.74, 6) is 0.221. The zero-order valence-corrected chi connectivity index (χ0v) is 17.7. The molecule has 4 rings (SSSR count). The Hall–Kier alpha value is -2.55. The molecular formula is C20H23N5O3S. The number of nitro groups is 1. The number of hydrogen-bond donors (Lipinski definition) is 1. The maximum Gasteiger partial charge on any atom is 0.274 e. The van der Waals surface area contributed by atoms with Crippen LogP contribution in [0.5, 0.6) is 0 Å². The minimum atomic E-state index is -0.459. The van der Waals surface area contributed by atoms with Gasteiger partial charge in [-0.05, 0) is 31.2 Å². The fourth-order valence-corrected chi connectivity index (χ4v) is 5.22. The van der Waals surface area contributed by atoms with E-state index in [4.69, 9.17) is 4.98 Å². The van der Waals surface area contributed by atoms with Gasteiger partial charge in [0.05, 0.1) is 22.1 Å². The molecule has 2 aliphatic carbocycles. The zero-order valence-electron chi connectivity index (χ0n) is 16.9. The highest BCUT2D eigenvalue weighted by atomic mass is 32.2. The molecule has 1 fully saturated rings. The third-order valence-corrected chi connectivity index (χ3v) is 7.63. The smallest absolute Gasteiger partial charge is 0.274 e. The van der Waals surface area contributed by atoms with Gasteiger partial charge in [0.2, 0.25) is 11.1 Å². The molecule has 2 atom stereocenters. The van der Waals surface area contributed by atoms with Gasteiger partial charge in [-0.25, -0.2) is 4.98 Å². The van der Waals surface area contributed by atoms with E-state index in [-0.39, 0.29) is 28.2 Å². The van der Waals surface area contributed by atoms with Gasteiger partial charge >= 0.3 is 0 Å². The van der Waals surface area contributed by atoms with E-state index in [1.165, 1.54) is 17.8 Å². The van der Waals surface area contributed by atoms with Crippen LogP contribution in [0.2, 0.25) is 0 Å². The van der Waals surface area contributed by atoms with Gasteiger partial charge in [0, 0.05) is 28.7 Å². The maximum atomic E-state index is 12.3. The number of nitro benzene ring substituents is 1. The normalized spacial score (nSPS) is 23.7. The lowest BCUT2D eigenvalue weighted by atomic mass is 9.70. The van der Waals surface area contributed by atoms with E-state index in [1.54, 1.807) is 19.1 Å². The Kier molecular flexibility index (Phi) is 4.60. The van der Waals surface area contributed by atoms with E-state index >= 15 is 0 Å². The second-order valence-corrected chi connectivity index (χ2v) is 9.51. The fraction of sp³-hybridized carbons (Fsp3) is 0.500. The average Bonchev–Trinajstić information content (AvgIpc) is 3.00. The predicted octanol–water partition coefficient (Wildman–Crippen LogP) is 3.99. The van der Waals surface area contributed by atoms with Gasteiger partial charge in [-0.3, -0.25) is 14.9 Å². The molecule has 29 heavy (non-hydrogen) atoms. The molecule has 2 aliphatic rings. The molecule has 2 bridgehead atoms. The second-order valence-electron chi connectivity index (χ2n) is 8.57. The average molecular weight is 414 g/mol. The molecule has 0 radical (unpaired) electrons. The molecule has 1 saturated carbocycles. The molecule has 0 spiro atoms. The lowest BCUT2D eigenvalue weighted by Crippen LogP contribution is -2.32. The summed E-state index contributed by atoms with van der Waals surface area (Å²) in [6.07, 6.45) is 2.21. The minimum Gasteiger partial charge on any atom is -0.325 e. The summed E-state index contributed by atoms with van der Waals surface area (Å²) in [6, 6.07) is 4.63. The van der Waals surface area contributed by atoms with Crippen molar-refractivity contribution in [3.8, 4) is 0 Å². The first-order chi connectivity index (χ1) is 13.6. The second kappa shape index (κ2) is 6.76. The summed E-state index contributed by atoms with van der Waals surface area (Å²) in [7, 11) is 0. The Morgan fingerprint density at radius 3 is 2.83 bits per heavy atom. The number of nitrogens with zero attached hydrogens (tertiary/aromatic N) is 4. The first kappa shape index (κ1) is 19.8. The largest absolute Gasteiger partial charge is 0.325 e. The topological polar surface area (TPSA) is 111 Å². The van der Waals surface area contributed by atoms with Crippen molar-refractivity contribution in [3.63, 3.8) is 0 Å². The number of benzene rings is 1. The zero-order chi connectivity index (χ0) is 21.0. The highest BCUT2D eigenvalue weighted by Crippen LogP contribution is 2.66. The molecule has 1 aromatic carbocycles. The molecule has 0 saturated heterocycles. The van der Waals surface area contributed by atoms with E-state index in [1.807, 2.05) is 0 Å². The van der Waals surface area contributed by atoms with Crippen LogP contribution >= 0.6 is 11.8 Å². The van der Waals surface area contributed by atoms with Crippen molar-refractivity contribution in [3.05, 3.63) is 45.3 Å². The maximum absolute atomic E-state index is 12.3. The Balaban J connectivity index is 1.44. The highest BCUT2D eigenvalue weighted by Gasteiger charge is 2.61.